The molecular weight excluding hydrogens is 346 g/mol. The minimum absolute atomic E-state index is 0.659. The van der Waals surface area contributed by atoms with Crippen molar-refractivity contribution in [2.45, 2.75) is 6.92 Å². The molecule has 26 heavy (non-hydrogen) atoms. The van der Waals surface area contributed by atoms with Gasteiger partial charge in [0, 0.05) is 49.7 Å². The van der Waals surface area contributed by atoms with E-state index in [-0.39, 0.29) is 0 Å². The number of carbonyl (C=O) groups is 1. The van der Waals surface area contributed by atoms with Gasteiger partial charge in [0.15, 0.2) is 0 Å². The van der Waals surface area contributed by atoms with Crippen molar-refractivity contribution in [2.24, 2.45) is 0 Å². The summed E-state index contributed by atoms with van der Waals surface area (Å²) in [5.74, 6) is 0. The maximum atomic E-state index is 11.0. The van der Waals surface area contributed by atoms with Crippen LogP contribution in [-0.2, 0) is 0 Å². The number of pyridine rings is 1. The molecule has 0 spiro atoms. The fraction of sp³-hybridized carbons (Fsp3) is 0.0476. The van der Waals surface area contributed by atoms with E-state index in [1.165, 1.54) is 0 Å². The van der Waals surface area contributed by atoms with E-state index in [1.807, 2.05) is 49.5 Å². The van der Waals surface area contributed by atoms with Gasteiger partial charge in [-0.1, -0.05) is 11.6 Å². The van der Waals surface area contributed by atoms with Gasteiger partial charge in [-0.2, -0.15) is 0 Å². The van der Waals surface area contributed by atoms with Crippen LogP contribution in [0.15, 0.2) is 48.7 Å². The number of fused-ring (bicyclic) bond motifs is 4. The summed E-state index contributed by atoms with van der Waals surface area (Å²) < 4.78 is 0. The number of H-pyrrole nitrogens is 2. The van der Waals surface area contributed by atoms with Crippen molar-refractivity contribution in [2.75, 3.05) is 0 Å². The molecule has 0 aliphatic carbocycles. The van der Waals surface area contributed by atoms with Crippen molar-refractivity contribution in [3.05, 3.63) is 64.9 Å². The summed E-state index contributed by atoms with van der Waals surface area (Å²) in [6, 6.07) is 13.6. The molecule has 3 heterocycles. The van der Waals surface area contributed by atoms with Crippen molar-refractivity contribution >= 4 is 50.6 Å². The Labute approximate surface area is 153 Å². The summed E-state index contributed by atoms with van der Waals surface area (Å²) in [4.78, 5) is 22.4. The molecule has 0 amide bonds. The van der Waals surface area contributed by atoms with Crippen LogP contribution in [0.1, 0.15) is 16.1 Å². The zero-order valence-corrected chi connectivity index (χ0v) is 14.7. The summed E-state index contributed by atoms with van der Waals surface area (Å²) in [7, 11) is 0. The van der Waals surface area contributed by atoms with E-state index in [2.05, 4.69) is 15.0 Å². The molecule has 0 saturated carbocycles. The minimum Gasteiger partial charge on any atom is -0.354 e. The Bertz CT molecular complexity index is 1330. The predicted octanol–water partition coefficient (Wildman–Crippen LogP) is 5.64. The monoisotopic (exact) mass is 359 g/mol. The molecule has 4 nitrogen and oxygen atoms in total. The van der Waals surface area contributed by atoms with E-state index in [0.29, 0.717) is 10.6 Å². The number of rotatable bonds is 2. The summed E-state index contributed by atoms with van der Waals surface area (Å²) in [6.45, 7) is 1.99. The van der Waals surface area contributed by atoms with Gasteiger partial charge >= 0.3 is 0 Å². The number of carbonyl (C=O) groups excluding carboxylic acids is 1. The Morgan fingerprint density at radius 1 is 1.00 bits per heavy atom. The standard InChI is InChI=1S/C21H14ClN3O/c1-11-20-15(4-5-23-11)16-8-14(22)9-17(21(16)25-20)19-7-13-6-12(10-26)2-3-18(13)24-19/h2-10,24-25H,1H3. The van der Waals surface area contributed by atoms with Gasteiger partial charge in [0.25, 0.3) is 0 Å². The maximum Gasteiger partial charge on any atom is 0.150 e. The van der Waals surface area contributed by atoms with Crippen LogP contribution in [0.3, 0.4) is 0 Å². The van der Waals surface area contributed by atoms with Crippen LogP contribution in [0.5, 0.6) is 0 Å². The van der Waals surface area contributed by atoms with E-state index in [1.54, 1.807) is 6.07 Å². The molecule has 0 radical (unpaired) electrons. The largest absolute Gasteiger partial charge is 0.354 e. The Morgan fingerprint density at radius 2 is 1.88 bits per heavy atom. The molecule has 0 bridgehead atoms. The van der Waals surface area contributed by atoms with Crippen molar-refractivity contribution in [3.63, 3.8) is 0 Å². The molecular formula is C21H14ClN3O. The Balaban J connectivity index is 1.85. The second-order valence-corrected chi connectivity index (χ2v) is 6.90. The number of hydrogen-bond acceptors (Lipinski definition) is 2. The Hall–Kier alpha value is -3.11. The fourth-order valence-corrected chi connectivity index (χ4v) is 3.83. The number of benzene rings is 2. The third kappa shape index (κ3) is 2.16. The topological polar surface area (TPSA) is 61.5 Å². The zero-order chi connectivity index (χ0) is 17.8. The lowest BCUT2D eigenvalue weighted by Gasteiger charge is -2.02. The average Bonchev–Trinajstić information content (AvgIpc) is 3.22. The maximum absolute atomic E-state index is 11.0. The summed E-state index contributed by atoms with van der Waals surface area (Å²) in [5, 5.41) is 3.85. The zero-order valence-electron chi connectivity index (χ0n) is 13.9. The first kappa shape index (κ1) is 15.2. The molecule has 126 valence electrons. The molecule has 0 aliphatic heterocycles. The predicted molar refractivity (Wildman–Crippen MR) is 106 cm³/mol. The SMILES string of the molecule is Cc1nccc2c1[nH]c1c(-c3cc4cc(C=O)ccc4[nH]3)cc(Cl)cc12. The van der Waals surface area contributed by atoms with Gasteiger partial charge in [-0.15, -0.1) is 0 Å². The number of aromatic amines is 2. The summed E-state index contributed by atoms with van der Waals surface area (Å²) >= 11 is 6.43. The first-order valence-corrected chi connectivity index (χ1v) is 8.67. The lowest BCUT2D eigenvalue weighted by molar-refractivity contribution is 0.112. The molecule has 5 rings (SSSR count). The number of aldehydes is 1. The van der Waals surface area contributed by atoms with E-state index in [9.17, 15) is 4.79 Å². The van der Waals surface area contributed by atoms with E-state index in [4.69, 9.17) is 11.6 Å². The number of hydrogen-bond donors (Lipinski definition) is 2. The molecule has 0 fully saturated rings. The van der Waals surface area contributed by atoms with Crippen LogP contribution in [0.25, 0.3) is 44.0 Å². The van der Waals surface area contributed by atoms with Crippen LogP contribution in [0.2, 0.25) is 5.02 Å². The lowest BCUT2D eigenvalue weighted by atomic mass is 10.1. The van der Waals surface area contributed by atoms with Gasteiger partial charge < -0.3 is 9.97 Å². The van der Waals surface area contributed by atoms with E-state index in [0.717, 1.165) is 55.9 Å². The molecule has 0 saturated heterocycles. The third-order valence-corrected chi connectivity index (χ3v) is 5.07. The Morgan fingerprint density at radius 3 is 2.73 bits per heavy atom. The van der Waals surface area contributed by atoms with Gasteiger partial charge in [-0.05, 0) is 49.4 Å². The van der Waals surface area contributed by atoms with Crippen molar-refractivity contribution in [3.8, 4) is 11.3 Å². The van der Waals surface area contributed by atoms with Gasteiger partial charge in [0.05, 0.1) is 16.7 Å². The van der Waals surface area contributed by atoms with Crippen LogP contribution in [-0.4, -0.2) is 21.2 Å². The number of aromatic nitrogens is 3. The van der Waals surface area contributed by atoms with Gasteiger partial charge in [0.2, 0.25) is 0 Å². The highest BCUT2D eigenvalue weighted by Gasteiger charge is 2.14. The highest BCUT2D eigenvalue weighted by Crippen LogP contribution is 2.37. The van der Waals surface area contributed by atoms with Crippen molar-refractivity contribution in [1.82, 2.24) is 15.0 Å². The van der Waals surface area contributed by atoms with Crippen LogP contribution in [0.4, 0.5) is 0 Å². The second kappa shape index (κ2) is 5.44. The van der Waals surface area contributed by atoms with E-state index >= 15 is 0 Å². The van der Waals surface area contributed by atoms with Crippen LogP contribution in [0, 0.1) is 6.92 Å². The van der Waals surface area contributed by atoms with E-state index < -0.39 is 0 Å². The number of nitrogens with zero attached hydrogens (tertiary/aromatic N) is 1. The lowest BCUT2D eigenvalue weighted by Crippen LogP contribution is -1.82. The first-order chi connectivity index (χ1) is 12.6. The highest BCUT2D eigenvalue weighted by atomic mass is 35.5. The van der Waals surface area contributed by atoms with Gasteiger partial charge in [-0.3, -0.25) is 9.78 Å². The molecule has 2 aromatic carbocycles. The smallest absolute Gasteiger partial charge is 0.150 e. The third-order valence-electron chi connectivity index (χ3n) is 4.85. The molecule has 3 aromatic heterocycles. The van der Waals surface area contributed by atoms with Gasteiger partial charge in [0.1, 0.15) is 6.29 Å². The second-order valence-electron chi connectivity index (χ2n) is 6.47. The number of halogens is 1. The molecule has 0 unspecified atom stereocenters. The van der Waals surface area contributed by atoms with Gasteiger partial charge in [-0.25, -0.2) is 0 Å². The normalized spacial score (nSPS) is 11.6. The quantitative estimate of drug-likeness (QED) is 0.401. The molecule has 2 N–H and O–H groups in total. The molecule has 0 atom stereocenters. The fourth-order valence-electron chi connectivity index (χ4n) is 3.61. The molecule has 5 heteroatoms. The minimum atomic E-state index is 0.659. The Kier molecular flexibility index (Phi) is 3.18. The highest BCUT2D eigenvalue weighted by molar-refractivity contribution is 6.32. The number of nitrogens with one attached hydrogen (secondary N) is 2. The van der Waals surface area contributed by atoms with Crippen molar-refractivity contribution < 1.29 is 4.79 Å². The molecule has 0 aliphatic rings. The van der Waals surface area contributed by atoms with Crippen LogP contribution >= 0.6 is 11.6 Å². The molecule has 5 aromatic rings. The van der Waals surface area contributed by atoms with Crippen LogP contribution < -0.4 is 0 Å². The van der Waals surface area contributed by atoms with Crippen molar-refractivity contribution in [1.29, 1.82) is 0 Å². The average molecular weight is 360 g/mol. The number of aryl methyl sites for hydroxylation is 1. The first-order valence-electron chi connectivity index (χ1n) is 8.29. The summed E-state index contributed by atoms with van der Waals surface area (Å²) in [5.41, 5.74) is 6.57. The summed E-state index contributed by atoms with van der Waals surface area (Å²) in [6.07, 6.45) is 2.67.